The molecule has 1 aromatic carbocycles. The number of hydrogen-bond donors (Lipinski definition) is 3. The highest BCUT2D eigenvalue weighted by atomic mass is 16.2. The molecular formula is C15H16N6O3. The van der Waals surface area contributed by atoms with E-state index in [1.54, 1.807) is 4.57 Å². The van der Waals surface area contributed by atoms with Gasteiger partial charge < -0.3 is 4.57 Å². The number of amides is 1. The molecule has 0 aliphatic carbocycles. The van der Waals surface area contributed by atoms with E-state index in [9.17, 15) is 14.4 Å². The number of rotatable bonds is 6. The van der Waals surface area contributed by atoms with Crippen molar-refractivity contribution in [3.63, 3.8) is 0 Å². The number of carbonyl (C=O) groups excluding carboxylic acids is 1. The van der Waals surface area contributed by atoms with Crippen molar-refractivity contribution in [1.29, 1.82) is 0 Å². The highest BCUT2D eigenvalue weighted by molar-refractivity contribution is 5.74. The number of hydrazine groups is 1. The molecule has 0 atom stereocenters. The largest absolute Gasteiger partial charge is 0.329 e. The van der Waals surface area contributed by atoms with Crippen LogP contribution in [0, 0.1) is 0 Å². The number of benzene rings is 1. The third kappa shape index (κ3) is 2.78. The van der Waals surface area contributed by atoms with Crippen molar-refractivity contribution in [1.82, 2.24) is 24.5 Å². The van der Waals surface area contributed by atoms with Crippen LogP contribution in [0.5, 0.6) is 0 Å². The Kier molecular flexibility index (Phi) is 4.15. The van der Waals surface area contributed by atoms with Gasteiger partial charge in [-0.1, -0.05) is 30.3 Å². The van der Waals surface area contributed by atoms with Gasteiger partial charge in [0.15, 0.2) is 11.2 Å². The van der Waals surface area contributed by atoms with E-state index in [1.807, 2.05) is 30.3 Å². The Hall–Kier alpha value is -3.36. The second-order valence-corrected chi connectivity index (χ2v) is 5.20. The van der Waals surface area contributed by atoms with Crippen LogP contribution in [0.15, 0.2) is 39.9 Å². The van der Waals surface area contributed by atoms with Gasteiger partial charge in [0.2, 0.25) is 12.4 Å². The van der Waals surface area contributed by atoms with E-state index in [-0.39, 0.29) is 17.1 Å². The molecule has 9 nitrogen and oxygen atoms in total. The third-order valence-corrected chi connectivity index (χ3v) is 3.72. The molecule has 9 heteroatoms. The number of anilines is 1. The number of carbonyl (C=O) groups is 1. The van der Waals surface area contributed by atoms with Crippen LogP contribution in [0.4, 0.5) is 5.95 Å². The Balaban J connectivity index is 2.08. The van der Waals surface area contributed by atoms with Gasteiger partial charge in [-0.05, 0) is 12.0 Å². The molecule has 2 aromatic heterocycles. The summed E-state index contributed by atoms with van der Waals surface area (Å²) in [5, 5.41) is 0. The molecule has 3 N–H and O–H groups in total. The van der Waals surface area contributed by atoms with Crippen molar-refractivity contribution < 1.29 is 4.79 Å². The molecular weight excluding hydrogens is 312 g/mol. The molecule has 0 aliphatic heterocycles. The minimum Gasteiger partial charge on any atom is -0.303 e. The van der Waals surface area contributed by atoms with Gasteiger partial charge in [0, 0.05) is 13.6 Å². The zero-order chi connectivity index (χ0) is 17.1. The quantitative estimate of drug-likeness (QED) is 0.426. The van der Waals surface area contributed by atoms with E-state index in [2.05, 4.69) is 20.8 Å². The SMILES string of the molecule is Cn1c(=O)[nH]c(=O)c2c1nc(NNC=O)n2CCc1ccccc1. The lowest BCUT2D eigenvalue weighted by atomic mass is 10.1. The number of nitrogens with zero attached hydrogens (tertiary/aromatic N) is 3. The number of hydrogen-bond acceptors (Lipinski definition) is 5. The molecule has 3 aromatic rings. The van der Waals surface area contributed by atoms with Crippen molar-refractivity contribution in [3.05, 3.63) is 56.7 Å². The summed E-state index contributed by atoms with van der Waals surface area (Å²) in [4.78, 5) is 41.0. The van der Waals surface area contributed by atoms with Gasteiger partial charge in [-0.25, -0.2) is 4.79 Å². The molecule has 24 heavy (non-hydrogen) atoms. The van der Waals surface area contributed by atoms with Crippen molar-refractivity contribution in [3.8, 4) is 0 Å². The normalized spacial score (nSPS) is 10.7. The molecule has 124 valence electrons. The lowest BCUT2D eigenvalue weighted by Crippen LogP contribution is -2.29. The summed E-state index contributed by atoms with van der Waals surface area (Å²) in [5.41, 5.74) is 5.47. The molecule has 0 radical (unpaired) electrons. The Labute approximate surface area is 135 Å². The molecule has 0 saturated carbocycles. The first kappa shape index (κ1) is 15.5. The summed E-state index contributed by atoms with van der Waals surface area (Å²) in [6, 6.07) is 9.76. The first-order valence-electron chi connectivity index (χ1n) is 7.30. The van der Waals surface area contributed by atoms with Crippen LogP contribution in [0.2, 0.25) is 0 Å². The zero-order valence-electron chi connectivity index (χ0n) is 12.9. The Morgan fingerprint density at radius 1 is 1.25 bits per heavy atom. The van der Waals surface area contributed by atoms with Crippen LogP contribution < -0.4 is 22.1 Å². The minimum atomic E-state index is -0.546. The van der Waals surface area contributed by atoms with Crippen LogP contribution in [-0.2, 0) is 24.8 Å². The summed E-state index contributed by atoms with van der Waals surface area (Å²) in [6.07, 6.45) is 1.12. The Morgan fingerprint density at radius 3 is 2.71 bits per heavy atom. The van der Waals surface area contributed by atoms with E-state index in [1.165, 1.54) is 11.6 Å². The molecule has 0 fully saturated rings. The maximum atomic E-state index is 12.2. The third-order valence-electron chi connectivity index (χ3n) is 3.72. The van der Waals surface area contributed by atoms with E-state index in [4.69, 9.17) is 0 Å². The second-order valence-electron chi connectivity index (χ2n) is 5.20. The standard InChI is InChI=1S/C15H16N6O3/c1-20-12-11(13(23)18-15(20)24)21(14(17-12)19-16-9-22)8-7-10-5-3-2-4-6-10/h2-6,9H,7-8H2,1H3,(H,16,22)(H,17,19)(H,18,23,24). The average Bonchev–Trinajstić information content (AvgIpc) is 2.96. The molecule has 3 rings (SSSR count). The first-order chi connectivity index (χ1) is 11.6. The first-order valence-corrected chi connectivity index (χ1v) is 7.30. The maximum absolute atomic E-state index is 12.2. The number of aromatic amines is 1. The van der Waals surface area contributed by atoms with E-state index in [0.717, 1.165) is 5.56 Å². The van der Waals surface area contributed by atoms with Crippen molar-refractivity contribution in [2.45, 2.75) is 13.0 Å². The number of imidazole rings is 1. The smallest absolute Gasteiger partial charge is 0.303 e. The Morgan fingerprint density at radius 2 is 2.00 bits per heavy atom. The minimum absolute atomic E-state index is 0.243. The van der Waals surface area contributed by atoms with Gasteiger partial charge in [-0.3, -0.25) is 30.0 Å². The molecule has 1 amide bonds. The topological polar surface area (TPSA) is 114 Å². The van der Waals surface area contributed by atoms with Gasteiger partial charge in [-0.15, -0.1) is 0 Å². The van der Waals surface area contributed by atoms with Crippen LogP contribution in [-0.4, -0.2) is 25.5 Å². The zero-order valence-corrected chi connectivity index (χ0v) is 12.9. The number of H-pyrrole nitrogens is 1. The van der Waals surface area contributed by atoms with Gasteiger partial charge in [0.25, 0.3) is 5.56 Å². The average molecular weight is 328 g/mol. The van der Waals surface area contributed by atoms with E-state index in [0.29, 0.717) is 19.4 Å². The molecule has 0 aliphatic rings. The van der Waals surface area contributed by atoms with Gasteiger partial charge in [0.05, 0.1) is 0 Å². The fourth-order valence-electron chi connectivity index (χ4n) is 2.53. The van der Waals surface area contributed by atoms with Crippen LogP contribution in [0.25, 0.3) is 11.2 Å². The van der Waals surface area contributed by atoms with Crippen LogP contribution >= 0.6 is 0 Å². The van der Waals surface area contributed by atoms with Gasteiger partial charge in [-0.2, -0.15) is 4.98 Å². The summed E-state index contributed by atoms with van der Waals surface area (Å²) < 4.78 is 2.89. The fraction of sp³-hybridized carbons (Fsp3) is 0.200. The predicted octanol–water partition coefficient (Wildman–Crippen LogP) is -0.261. The molecule has 2 heterocycles. The summed E-state index contributed by atoms with van der Waals surface area (Å²) in [5.74, 6) is 0.278. The summed E-state index contributed by atoms with van der Waals surface area (Å²) in [6.45, 7) is 0.449. The van der Waals surface area contributed by atoms with Gasteiger partial charge in [0.1, 0.15) is 0 Å². The molecule has 0 spiro atoms. The number of aryl methyl sites for hydroxylation is 3. The van der Waals surface area contributed by atoms with Crippen molar-refractivity contribution in [2.24, 2.45) is 7.05 Å². The van der Waals surface area contributed by atoms with Gasteiger partial charge >= 0.3 is 5.69 Å². The molecule has 0 saturated heterocycles. The maximum Gasteiger partial charge on any atom is 0.329 e. The van der Waals surface area contributed by atoms with E-state index >= 15 is 0 Å². The predicted molar refractivity (Wildman–Crippen MR) is 88.6 cm³/mol. The highest BCUT2D eigenvalue weighted by Crippen LogP contribution is 2.15. The number of fused-ring (bicyclic) bond motifs is 1. The molecule has 0 unspecified atom stereocenters. The lowest BCUT2D eigenvalue weighted by Gasteiger charge is -2.09. The van der Waals surface area contributed by atoms with Crippen molar-refractivity contribution >= 4 is 23.5 Å². The number of aromatic nitrogens is 4. The lowest BCUT2D eigenvalue weighted by molar-refractivity contribution is -0.109. The van der Waals surface area contributed by atoms with Crippen LogP contribution in [0.1, 0.15) is 5.56 Å². The Bertz CT molecular complexity index is 986. The van der Waals surface area contributed by atoms with E-state index < -0.39 is 11.2 Å². The second kappa shape index (κ2) is 6.41. The fourth-order valence-corrected chi connectivity index (χ4v) is 2.53. The molecule has 0 bridgehead atoms. The van der Waals surface area contributed by atoms with Crippen LogP contribution in [0.3, 0.4) is 0 Å². The summed E-state index contributed by atoms with van der Waals surface area (Å²) >= 11 is 0. The highest BCUT2D eigenvalue weighted by Gasteiger charge is 2.17. The number of nitrogens with one attached hydrogen (secondary N) is 3. The van der Waals surface area contributed by atoms with Crippen molar-refractivity contribution in [2.75, 3.05) is 5.43 Å². The monoisotopic (exact) mass is 328 g/mol. The summed E-state index contributed by atoms with van der Waals surface area (Å²) in [7, 11) is 1.52.